The van der Waals surface area contributed by atoms with Crippen molar-refractivity contribution in [2.75, 3.05) is 0 Å². The average Bonchev–Trinajstić information content (AvgIpc) is 3.06. The minimum atomic E-state index is -0.307. The Kier molecular flexibility index (Phi) is 5.18. The average molecular weight is 401 g/mol. The molecule has 0 aliphatic heterocycles. The third kappa shape index (κ3) is 3.74. The minimum Gasteiger partial charge on any atom is -0.473 e. The summed E-state index contributed by atoms with van der Waals surface area (Å²) in [7, 11) is 1.57. The lowest BCUT2D eigenvalue weighted by Gasteiger charge is -2.14. The number of pyridine rings is 1. The molecule has 30 heavy (non-hydrogen) atoms. The Hall–Kier alpha value is -3.74. The lowest BCUT2D eigenvalue weighted by Crippen LogP contribution is -2.23. The van der Waals surface area contributed by atoms with Crippen molar-refractivity contribution in [2.45, 2.75) is 27.4 Å². The predicted molar refractivity (Wildman–Crippen MR) is 115 cm³/mol. The predicted octanol–water partition coefficient (Wildman–Crippen LogP) is 3.53. The molecule has 4 aromatic rings. The van der Waals surface area contributed by atoms with E-state index in [1.54, 1.807) is 7.05 Å². The molecule has 7 nitrogen and oxygen atoms in total. The van der Waals surface area contributed by atoms with Crippen molar-refractivity contribution in [3.05, 3.63) is 87.5 Å². The Morgan fingerprint density at radius 1 is 0.933 bits per heavy atom. The maximum Gasteiger partial charge on any atom is 0.368 e. The number of ether oxygens (including phenoxy) is 1. The summed E-state index contributed by atoms with van der Waals surface area (Å²) in [4.78, 5) is 16.8. The molecule has 0 atom stereocenters. The summed E-state index contributed by atoms with van der Waals surface area (Å²) in [5.41, 5.74) is 6.54. The molecule has 2 heterocycles. The van der Waals surface area contributed by atoms with Gasteiger partial charge in [0.25, 0.3) is 0 Å². The molecule has 0 aliphatic rings. The molecule has 152 valence electrons. The maximum absolute atomic E-state index is 12.3. The second kappa shape index (κ2) is 7.94. The summed E-state index contributed by atoms with van der Waals surface area (Å²) >= 11 is 0. The topological polar surface area (TPSA) is 74.8 Å². The van der Waals surface area contributed by atoms with Crippen LogP contribution in [0.3, 0.4) is 0 Å². The van der Waals surface area contributed by atoms with Gasteiger partial charge in [0.1, 0.15) is 6.61 Å². The summed E-state index contributed by atoms with van der Waals surface area (Å²) in [6.45, 7) is 6.30. The van der Waals surface area contributed by atoms with Crippen molar-refractivity contribution in [2.24, 2.45) is 7.05 Å². The molecule has 2 aromatic heterocycles. The molecule has 0 bridgehead atoms. The number of benzene rings is 2. The Bertz CT molecular complexity index is 1270. The van der Waals surface area contributed by atoms with Crippen LogP contribution >= 0.6 is 0 Å². The van der Waals surface area contributed by atoms with E-state index in [9.17, 15) is 4.79 Å². The molecule has 0 fully saturated rings. The van der Waals surface area contributed by atoms with E-state index in [0.717, 1.165) is 27.8 Å². The van der Waals surface area contributed by atoms with Crippen LogP contribution < -0.4 is 10.4 Å². The smallest absolute Gasteiger partial charge is 0.368 e. The Balaban J connectivity index is 1.61. The van der Waals surface area contributed by atoms with Crippen LogP contribution in [0.15, 0.2) is 59.5 Å². The van der Waals surface area contributed by atoms with Gasteiger partial charge < -0.3 is 4.74 Å². The van der Waals surface area contributed by atoms with Crippen LogP contribution in [0.2, 0.25) is 0 Å². The zero-order valence-electron chi connectivity index (χ0n) is 17.5. The van der Waals surface area contributed by atoms with E-state index in [2.05, 4.69) is 46.6 Å². The van der Waals surface area contributed by atoms with Gasteiger partial charge in [-0.05, 0) is 54.5 Å². The van der Waals surface area contributed by atoms with Gasteiger partial charge in [0.2, 0.25) is 5.88 Å². The van der Waals surface area contributed by atoms with E-state index < -0.39 is 0 Å². The number of hydrogen-bond acceptors (Lipinski definition) is 5. The van der Waals surface area contributed by atoms with Gasteiger partial charge in [-0.3, -0.25) is 0 Å². The number of hydrogen-bond donors (Lipinski definition) is 0. The quantitative estimate of drug-likeness (QED) is 0.511. The van der Waals surface area contributed by atoms with Gasteiger partial charge in [0, 0.05) is 29.9 Å². The van der Waals surface area contributed by atoms with Crippen LogP contribution in [0.5, 0.6) is 5.88 Å². The second-order valence-electron chi connectivity index (χ2n) is 7.37. The molecule has 0 saturated heterocycles. The van der Waals surface area contributed by atoms with E-state index >= 15 is 0 Å². The largest absolute Gasteiger partial charge is 0.473 e. The van der Waals surface area contributed by atoms with Crippen LogP contribution in [0, 0.1) is 20.8 Å². The zero-order valence-corrected chi connectivity index (χ0v) is 17.5. The standard InChI is InChI=1S/C23H23N5O2/c1-15-7-5-9-18(11-15)19-12-17(3)22(24-13-19)30-14-20-16(2)8-6-10-21(20)28-23(29)27(4)25-26-28/h5-13H,14H2,1-4H3. The van der Waals surface area contributed by atoms with Crippen LogP contribution in [0.1, 0.15) is 22.3 Å². The SMILES string of the molecule is Cc1cccc(-c2cnc(OCc3c(C)cccc3-n3nnn(C)c3=O)c(C)c2)c1. The number of rotatable bonds is 5. The van der Waals surface area contributed by atoms with E-state index in [0.29, 0.717) is 11.6 Å². The Labute approximate surface area is 174 Å². The fraction of sp³-hybridized carbons (Fsp3) is 0.217. The van der Waals surface area contributed by atoms with Crippen molar-refractivity contribution in [1.29, 1.82) is 0 Å². The zero-order chi connectivity index (χ0) is 21.3. The highest BCUT2D eigenvalue weighted by molar-refractivity contribution is 5.64. The van der Waals surface area contributed by atoms with E-state index in [1.165, 1.54) is 14.9 Å². The van der Waals surface area contributed by atoms with Gasteiger partial charge in [-0.15, -0.1) is 0 Å². The van der Waals surface area contributed by atoms with Crippen molar-refractivity contribution < 1.29 is 4.74 Å². The summed E-state index contributed by atoms with van der Waals surface area (Å²) in [5, 5.41) is 7.76. The highest BCUT2D eigenvalue weighted by Gasteiger charge is 2.14. The van der Waals surface area contributed by atoms with E-state index in [4.69, 9.17) is 4.74 Å². The van der Waals surface area contributed by atoms with Gasteiger partial charge in [0.05, 0.1) is 5.69 Å². The first kappa shape index (κ1) is 19.6. The first-order valence-electron chi connectivity index (χ1n) is 9.68. The van der Waals surface area contributed by atoms with Gasteiger partial charge in [-0.1, -0.05) is 42.0 Å². The van der Waals surface area contributed by atoms with Crippen LogP contribution in [0.4, 0.5) is 0 Å². The lowest BCUT2D eigenvalue weighted by atomic mass is 10.0. The molecule has 0 radical (unpaired) electrons. The normalized spacial score (nSPS) is 10.9. The van der Waals surface area contributed by atoms with Gasteiger partial charge in [-0.2, -0.15) is 9.36 Å². The summed E-state index contributed by atoms with van der Waals surface area (Å²) in [6.07, 6.45) is 1.82. The maximum atomic E-state index is 12.3. The molecule has 0 N–H and O–H groups in total. The number of aromatic nitrogens is 5. The highest BCUT2D eigenvalue weighted by atomic mass is 16.5. The lowest BCUT2D eigenvalue weighted by molar-refractivity contribution is 0.290. The number of aryl methyl sites for hydroxylation is 4. The molecular formula is C23H23N5O2. The third-order valence-electron chi connectivity index (χ3n) is 5.07. The van der Waals surface area contributed by atoms with Gasteiger partial charge >= 0.3 is 5.69 Å². The van der Waals surface area contributed by atoms with Gasteiger partial charge in [-0.25, -0.2) is 9.78 Å². The monoisotopic (exact) mass is 401 g/mol. The first-order valence-corrected chi connectivity index (χ1v) is 9.68. The summed E-state index contributed by atoms with van der Waals surface area (Å²) in [5.74, 6) is 0.562. The van der Waals surface area contributed by atoms with Crippen molar-refractivity contribution in [3.63, 3.8) is 0 Å². The van der Waals surface area contributed by atoms with Crippen molar-refractivity contribution in [1.82, 2.24) is 24.8 Å². The Morgan fingerprint density at radius 3 is 2.43 bits per heavy atom. The third-order valence-corrected chi connectivity index (χ3v) is 5.07. The molecule has 0 saturated carbocycles. The van der Waals surface area contributed by atoms with E-state index in [-0.39, 0.29) is 12.3 Å². The minimum absolute atomic E-state index is 0.267. The number of nitrogens with zero attached hydrogens (tertiary/aromatic N) is 5. The second-order valence-corrected chi connectivity index (χ2v) is 7.37. The van der Waals surface area contributed by atoms with Gasteiger partial charge in [0.15, 0.2) is 0 Å². The molecule has 2 aromatic carbocycles. The van der Waals surface area contributed by atoms with Crippen molar-refractivity contribution >= 4 is 0 Å². The van der Waals surface area contributed by atoms with Crippen LogP contribution in [0.25, 0.3) is 16.8 Å². The molecule has 0 aliphatic carbocycles. The molecule has 0 unspecified atom stereocenters. The molecule has 0 amide bonds. The molecule has 0 spiro atoms. The fourth-order valence-electron chi connectivity index (χ4n) is 3.37. The Morgan fingerprint density at radius 2 is 1.73 bits per heavy atom. The fourth-order valence-corrected chi connectivity index (χ4v) is 3.37. The molecular weight excluding hydrogens is 378 g/mol. The summed E-state index contributed by atoms with van der Waals surface area (Å²) < 4.78 is 8.53. The van der Waals surface area contributed by atoms with Crippen molar-refractivity contribution in [3.8, 4) is 22.7 Å². The van der Waals surface area contributed by atoms with E-state index in [1.807, 2.05) is 44.3 Å². The molecule has 4 rings (SSSR count). The van der Waals surface area contributed by atoms with Crippen LogP contribution in [-0.4, -0.2) is 24.8 Å². The number of tetrazole rings is 1. The first-order chi connectivity index (χ1) is 14.4. The molecule has 7 heteroatoms. The highest BCUT2D eigenvalue weighted by Crippen LogP contribution is 2.26. The van der Waals surface area contributed by atoms with Crippen LogP contribution in [-0.2, 0) is 13.7 Å². The summed E-state index contributed by atoms with van der Waals surface area (Å²) in [6, 6.07) is 16.1.